The highest BCUT2D eigenvalue weighted by atomic mass is 35.5. The number of ether oxygens (including phenoxy) is 1. The van der Waals surface area contributed by atoms with Crippen molar-refractivity contribution in [3.05, 3.63) is 51.7 Å². The molecule has 4 rings (SSSR count). The van der Waals surface area contributed by atoms with Crippen LogP contribution in [0.2, 0.25) is 0 Å². The average Bonchev–Trinajstić information content (AvgIpc) is 3.05. The van der Waals surface area contributed by atoms with Gasteiger partial charge in [0.2, 0.25) is 5.88 Å². The molecule has 0 aliphatic carbocycles. The van der Waals surface area contributed by atoms with E-state index in [0.29, 0.717) is 37.6 Å². The summed E-state index contributed by atoms with van der Waals surface area (Å²) in [6.45, 7) is 2.21. The molecule has 9 nitrogen and oxygen atoms in total. The predicted octanol–water partition coefficient (Wildman–Crippen LogP) is 0.328. The maximum Gasteiger partial charge on any atom is 0.352 e. The Morgan fingerprint density at radius 1 is 1.27 bits per heavy atom. The first-order chi connectivity index (χ1) is 13.9. The van der Waals surface area contributed by atoms with Crippen molar-refractivity contribution in [2.45, 2.75) is 19.2 Å². The molecule has 30 heavy (non-hydrogen) atoms. The molecule has 2 aliphatic rings. The maximum absolute atomic E-state index is 13.4. The summed E-state index contributed by atoms with van der Waals surface area (Å²) in [7, 11) is -2.48. The third kappa shape index (κ3) is 4.40. The van der Waals surface area contributed by atoms with Gasteiger partial charge in [0, 0.05) is 25.7 Å². The summed E-state index contributed by atoms with van der Waals surface area (Å²) in [5, 5.41) is 8.92. The Balaban J connectivity index is 0.00000256. The van der Waals surface area contributed by atoms with E-state index in [2.05, 4.69) is 9.88 Å². The van der Waals surface area contributed by atoms with E-state index in [0.717, 1.165) is 0 Å². The van der Waals surface area contributed by atoms with Crippen molar-refractivity contribution in [1.29, 1.82) is 5.26 Å². The summed E-state index contributed by atoms with van der Waals surface area (Å²) in [5.74, 6) is 0.250. The fraction of sp³-hybridized carbons (Fsp3) is 0.389. The largest absolute Gasteiger partial charge is 0.473 e. The van der Waals surface area contributed by atoms with Crippen molar-refractivity contribution in [2.75, 3.05) is 30.4 Å². The van der Waals surface area contributed by atoms with E-state index < -0.39 is 22.2 Å². The Kier molecular flexibility index (Phi) is 6.60. The molecule has 1 fully saturated rings. The molecule has 1 aromatic heterocycles. The number of thiol groups is 1. The van der Waals surface area contributed by atoms with Crippen LogP contribution in [0.3, 0.4) is 0 Å². The Labute approximate surface area is 179 Å². The topological polar surface area (TPSA) is 109 Å². The van der Waals surface area contributed by atoms with Gasteiger partial charge in [-0.2, -0.15) is 10.2 Å². The van der Waals surface area contributed by atoms with Gasteiger partial charge in [-0.1, -0.05) is 6.07 Å². The second-order valence-electron chi connectivity index (χ2n) is 6.96. The third-order valence-corrected chi connectivity index (χ3v) is 5.70. The number of anilines is 1. The highest BCUT2D eigenvalue weighted by Crippen LogP contribution is 2.29. The number of nitrogens with zero attached hydrogens (tertiary/aromatic N) is 5. The van der Waals surface area contributed by atoms with Crippen molar-refractivity contribution >= 4 is 28.9 Å². The molecule has 0 amide bonds. The van der Waals surface area contributed by atoms with Gasteiger partial charge in [-0.3, -0.25) is 9.47 Å². The van der Waals surface area contributed by atoms with Gasteiger partial charge in [0.25, 0.3) is 0 Å². The van der Waals surface area contributed by atoms with E-state index >= 15 is 0 Å². The number of piperazine rings is 1. The number of benzene rings is 1. The molecule has 1 atom stereocenters. The number of halogens is 2. The molecule has 0 N–H and O–H groups in total. The summed E-state index contributed by atoms with van der Waals surface area (Å²) in [5.41, 5.74) is 0.0716. The molecule has 0 bridgehead atoms. The molecular weight excluding hydrogens is 437 g/mol. The molecule has 1 saturated heterocycles. The van der Waals surface area contributed by atoms with Gasteiger partial charge >= 0.3 is 5.69 Å². The average molecular weight is 456 g/mol. The monoisotopic (exact) mass is 455 g/mol. The summed E-state index contributed by atoms with van der Waals surface area (Å²) in [4.78, 5) is 20.3. The van der Waals surface area contributed by atoms with E-state index in [1.54, 1.807) is 16.7 Å². The van der Waals surface area contributed by atoms with Crippen molar-refractivity contribution < 1.29 is 17.5 Å². The number of hydrogen-bond donors (Lipinski definition) is 1. The van der Waals surface area contributed by atoms with Crippen LogP contribution in [0.1, 0.15) is 11.1 Å². The van der Waals surface area contributed by atoms with E-state index in [4.69, 9.17) is 10.00 Å². The fourth-order valence-electron chi connectivity index (χ4n) is 3.74. The molecular formula is C18H19ClFN5O4S. The van der Waals surface area contributed by atoms with Gasteiger partial charge in [-0.05, 0) is 17.7 Å². The second-order valence-corrected chi connectivity index (χ2v) is 7.91. The SMILES string of the molecule is Cl.N#Cc1cc(COc2cc3n(c(=O)n2)CC2CN(C[SH](=O)=O)CCN32)ccc1F. The lowest BCUT2D eigenvalue weighted by Crippen LogP contribution is -2.52. The molecule has 0 spiro atoms. The Bertz CT molecular complexity index is 1120. The van der Waals surface area contributed by atoms with Crippen LogP contribution in [0.5, 0.6) is 5.88 Å². The Morgan fingerprint density at radius 3 is 2.80 bits per heavy atom. The minimum absolute atomic E-state index is 0. The van der Waals surface area contributed by atoms with Crippen LogP contribution in [0.4, 0.5) is 10.2 Å². The summed E-state index contributed by atoms with van der Waals surface area (Å²) in [6.07, 6.45) is 0. The summed E-state index contributed by atoms with van der Waals surface area (Å²) >= 11 is 0. The van der Waals surface area contributed by atoms with Gasteiger partial charge in [0.15, 0.2) is 10.7 Å². The number of rotatable bonds is 5. The number of fused-ring (bicyclic) bond motifs is 3. The molecule has 160 valence electrons. The van der Waals surface area contributed by atoms with Crippen LogP contribution in [-0.4, -0.2) is 54.4 Å². The number of hydrogen-bond acceptors (Lipinski definition) is 8. The van der Waals surface area contributed by atoms with E-state index in [1.807, 2.05) is 4.90 Å². The summed E-state index contributed by atoms with van der Waals surface area (Å²) < 4.78 is 42.6. The van der Waals surface area contributed by atoms with Crippen LogP contribution in [0.25, 0.3) is 0 Å². The lowest BCUT2D eigenvalue weighted by Gasteiger charge is -2.37. The Morgan fingerprint density at radius 2 is 2.07 bits per heavy atom. The first-order valence-electron chi connectivity index (χ1n) is 8.98. The zero-order valence-electron chi connectivity index (χ0n) is 15.7. The molecule has 0 saturated carbocycles. The Hall–Kier alpha value is -2.68. The first-order valence-corrected chi connectivity index (χ1v) is 10.3. The van der Waals surface area contributed by atoms with Crippen molar-refractivity contribution in [3.63, 3.8) is 0 Å². The molecule has 3 heterocycles. The zero-order chi connectivity index (χ0) is 20.5. The van der Waals surface area contributed by atoms with Crippen LogP contribution < -0.4 is 15.3 Å². The fourth-order valence-corrected chi connectivity index (χ4v) is 4.33. The maximum atomic E-state index is 13.4. The molecule has 1 unspecified atom stereocenters. The molecule has 1 aromatic carbocycles. The standard InChI is InChI=1S/C18H18FN5O4S.ClH/c19-15-2-1-12(5-13(15)7-20)10-28-16-6-17-23-4-3-22(11-29(26)27)8-14(23)9-24(17)18(25)21-16;/h1-2,5-6,14,29H,3-4,8-11H2;1H. The molecule has 0 radical (unpaired) electrons. The molecule has 12 heteroatoms. The lowest BCUT2D eigenvalue weighted by molar-refractivity contribution is 0.255. The minimum atomic E-state index is -2.48. The van der Waals surface area contributed by atoms with E-state index in [-0.39, 0.29) is 42.4 Å². The number of aromatic nitrogens is 2. The van der Waals surface area contributed by atoms with Gasteiger partial charge in [-0.15, -0.1) is 12.4 Å². The highest BCUT2D eigenvalue weighted by Gasteiger charge is 2.35. The summed E-state index contributed by atoms with van der Waals surface area (Å²) in [6, 6.07) is 7.55. The van der Waals surface area contributed by atoms with Crippen molar-refractivity contribution in [3.8, 4) is 11.9 Å². The second kappa shape index (κ2) is 8.99. The highest BCUT2D eigenvalue weighted by molar-refractivity contribution is 7.72. The molecule has 2 aromatic rings. The van der Waals surface area contributed by atoms with Crippen LogP contribution in [0, 0.1) is 17.1 Å². The quantitative estimate of drug-likeness (QED) is 0.642. The van der Waals surface area contributed by atoms with Gasteiger partial charge < -0.3 is 9.64 Å². The molecule has 2 aliphatic heterocycles. The van der Waals surface area contributed by atoms with Gasteiger partial charge in [0.1, 0.15) is 24.3 Å². The van der Waals surface area contributed by atoms with E-state index in [1.165, 1.54) is 18.2 Å². The van der Waals surface area contributed by atoms with Gasteiger partial charge in [0.05, 0.1) is 24.0 Å². The zero-order valence-corrected chi connectivity index (χ0v) is 17.4. The first kappa shape index (κ1) is 22.0. The van der Waals surface area contributed by atoms with Gasteiger partial charge in [-0.25, -0.2) is 17.6 Å². The number of nitriles is 1. The van der Waals surface area contributed by atoms with E-state index in [9.17, 15) is 17.6 Å². The van der Waals surface area contributed by atoms with Crippen LogP contribution >= 0.6 is 12.4 Å². The minimum Gasteiger partial charge on any atom is -0.473 e. The normalized spacial score (nSPS) is 17.8. The van der Waals surface area contributed by atoms with Crippen LogP contribution in [0.15, 0.2) is 29.1 Å². The van der Waals surface area contributed by atoms with Crippen molar-refractivity contribution in [1.82, 2.24) is 14.5 Å². The predicted molar refractivity (Wildman–Crippen MR) is 109 cm³/mol. The van der Waals surface area contributed by atoms with Crippen LogP contribution in [-0.2, 0) is 23.9 Å². The smallest absolute Gasteiger partial charge is 0.352 e. The third-order valence-electron chi connectivity index (χ3n) is 5.07. The van der Waals surface area contributed by atoms with Crippen molar-refractivity contribution in [2.24, 2.45) is 0 Å². The lowest BCUT2D eigenvalue weighted by atomic mass is 10.1.